The topological polar surface area (TPSA) is 115 Å². The van der Waals surface area contributed by atoms with Crippen LogP contribution in [0.25, 0.3) is 11.0 Å². The van der Waals surface area contributed by atoms with Gasteiger partial charge in [-0.25, -0.2) is 9.97 Å². The van der Waals surface area contributed by atoms with Gasteiger partial charge in [-0.2, -0.15) is 18.2 Å². The number of anilines is 5. The number of aryl methyl sites for hydroxylation is 1. The molecule has 12 nitrogen and oxygen atoms in total. The van der Waals surface area contributed by atoms with Gasteiger partial charge in [0, 0.05) is 81.4 Å². The number of alkyl halides is 3. The molecule has 0 unspecified atom stereocenters. The first-order chi connectivity index (χ1) is 26.5. The molecule has 290 valence electrons. The minimum Gasteiger partial charge on any atom is -0.370 e. The number of nitrogens with one attached hydrogen (secondary N) is 2. The van der Waals surface area contributed by atoms with E-state index in [2.05, 4.69) is 35.3 Å². The third-order valence-corrected chi connectivity index (χ3v) is 11.7. The van der Waals surface area contributed by atoms with Crippen LogP contribution >= 0.6 is 0 Å². The molecule has 0 atom stereocenters. The van der Waals surface area contributed by atoms with Gasteiger partial charge in [-0.1, -0.05) is 18.9 Å². The van der Waals surface area contributed by atoms with Gasteiger partial charge in [0.2, 0.25) is 5.95 Å². The van der Waals surface area contributed by atoms with Gasteiger partial charge < -0.3 is 20.0 Å². The number of rotatable bonds is 8. The van der Waals surface area contributed by atoms with Gasteiger partial charge in [0.1, 0.15) is 11.5 Å². The summed E-state index contributed by atoms with van der Waals surface area (Å²) in [5, 5.41) is 7.00. The van der Waals surface area contributed by atoms with Crippen molar-refractivity contribution >= 4 is 45.6 Å². The first-order valence-corrected chi connectivity index (χ1v) is 19.3. The number of pyridine rings is 2. The van der Waals surface area contributed by atoms with Crippen molar-refractivity contribution < 1.29 is 18.0 Å². The average molecular weight is 757 g/mol. The van der Waals surface area contributed by atoms with Gasteiger partial charge in [-0.15, -0.1) is 0 Å². The number of piperazine rings is 1. The van der Waals surface area contributed by atoms with Crippen molar-refractivity contribution in [3.05, 3.63) is 82.0 Å². The molecule has 0 bridgehead atoms. The van der Waals surface area contributed by atoms with Crippen LogP contribution in [0, 0.1) is 6.92 Å². The zero-order chi connectivity index (χ0) is 38.3. The number of halogens is 3. The molecule has 1 saturated carbocycles. The predicted molar refractivity (Wildman–Crippen MR) is 209 cm³/mol. The van der Waals surface area contributed by atoms with E-state index < -0.39 is 11.7 Å². The predicted octanol–water partition coefficient (Wildman–Crippen LogP) is 6.25. The lowest BCUT2D eigenvalue weighted by atomic mass is 10.0. The summed E-state index contributed by atoms with van der Waals surface area (Å²) >= 11 is 0. The molecule has 55 heavy (non-hydrogen) atoms. The molecule has 0 amide bonds. The van der Waals surface area contributed by atoms with Gasteiger partial charge in [0.25, 0.3) is 5.56 Å². The molecule has 0 spiro atoms. The van der Waals surface area contributed by atoms with Crippen LogP contribution in [0.15, 0.2) is 59.8 Å². The van der Waals surface area contributed by atoms with Gasteiger partial charge >= 0.3 is 6.18 Å². The number of Topliss-reactive ketones (excluding diaryl/α,β-unsaturated/α-hetero) is 1. The number of ketones is 1. The van der Waals surface area contributed by atoms with Crippen molar-refractivity contribution in [3.63, 3.8) is 0 Å². The highest BCUT2D eigenvalue weighted by Crippen LogP contribution is 2.40. The van der Waals surface area contributed by atoms with E-state index in [-0.39, 0.29) is 28.6 Å². The molecule has 1 aliphatic carbocycles. The third-order valence-electron chi connectivity index (χ3n) is 11.7. The van der Waals surface area contributed by atoms with Crippen molar-refractivity contribution in [1.29, 1.82) is 0 Å². The minimum absolute atomic E-state index is 0.00134. The summed E-state index contributed by atoms with van der Waals surface area (Å²) < 4.78 is 44.1. The van der Waals surface area contributed by atoms with Crippen LogP contribution in [0.2, 0.25) is 0 Å². The highest BCUT2D eigenvalue weighted by atomic mass is 19.4. The molecule has 3 fully saturated rings. The quantitative estimate of drug-likeness (QED) is 0.199. The number of carbonyl (C=O) groups is 1. The number of carbonyl (C=O) groups excluding carboxylic acids is 1. The molecule has 4 aromatic rings. The minimum atomic E-state index is -4.45. The summed E-state index contributed by atoms with van der Waals surface area (Å²) in [6.07, 6.45) is 8.40. The molecule has 8 rings (SSSR count). The maximum Gasteiger partial charge on any atom is 0.418 e. The standard InChI is InChI=1S/C40H47F3N10O2/c1-26-32-24-46-39(48-37(32)53(29-6-3-4-7-29)38(55)36(26)27(2)54)47-35-11-9-31(23-45-35)49-16-12-28(13-17-49)50-18-20-51(21-19-50)30-8-10-34(33(22-30)40(41,42)43)52-15-5-14-44-25-52/h5,8-11,15,22-24,28-29,44H,3-4,6-7,12-14,16-21,25H2,1-2H3,(H,45,46,47,48). The van der Waals surface area contributed by atoms with Gasteiger partial charge in [0.15, 0.2) is 5.78 Å². The Hall–Kier alpha value is -5.02. The molecule has 2 N–H and O–H groups in total. The summed E-state index contributed by atoms with van der Waals surface area (Å²) in [5.74, 6) is 0.667. The van der Waals surface area contributed by atoms with Crippen LogP contribution in [0.3, 0.4) is 0 Å². The molecule has 4 aliphatic rings. The van der Waals surface area contributed by atoms with Gasteiger partial charge in [-0.05, 0) is 75.4 Å². The molecular weight excluding hydrogens is 710 g/mol. The third kappa shape index (κ3) is 7.51. The lowest BCUT2D eigenvalue weighted by Crippen LogP contribution is -2.53. The lowest BCUT2D eigenvalue weighted by Gasteiger charge is -2.44. The van der Waals surface area contributed by atoms with E-state index >= 15 is 0 Å². The highest BCUT2D eigenvalue weighted by molar-refractivity contribution is 5.99. The highest BCUT2D eigenvalue weighted by Gasteiger charge is 2.36. The van der Waals surface area contributed by atoms with Crippen molar-refractivity contribution in [3.8, 4) is 0 Å². The Morgan fingerprint density at radius 3 is 2.27 bits per heavy atom. The second-order valence-electron chi connectivity index (χ2n) is 15.0. The monoisotopic (exact) mass is 756 g/mol. The number of piperidine rings is 1. The first-order valence-electron chi connectivity index (χ1n) is 19.3. The van der Waals surface area contributed by atoms with Crippen LogP contribution in [0.4, 0.5) is 42.0 Å². The second-order valence-corrected chi connectivity index (χ2v) is 15.0. The van der Waals surface area contributed by atoms with E-state index in [1.807, 2.05) is 30.5 Å². The molecule has 0 radical (unpaired) electrons. The van der Waals surface area contributed by atoms with Crippen molar-refractivity contribution in [2.45, 2.75) is 70.6 Å². The summed E-state index contributed by atoms with van der Waals surface area (Å²) in [5.41, 5.74) is 2.25. The Kier molecular flexibility index (Phi) is 10.2. The average Bonchev–Trinajstić information content (AvgIpc) is 3.73. The Bertz CT molecular complexity index is 2130. The zero-order valence-electron chi connectivity index (χ0n) is 31.3. The maximum absolute atomic E-state index is 14.1. The van der Waals surface area contributed by atoms with E-state index in [0.717, 1.165) is 70.4 Å². The zero-order valence-corrected chi connectivity index (χ0v) is 31.3. The van der Waals surface area contributed by atoms with Crippen molar-refractivity contribution in [1.82, 2.24) is 29.7 Å². The second kappa shape index (κ2) is 15.3. The molecule has 3 aromatic heterocycles. The van der Waals surface area contributed by atoms with E-state index in [0.29, 0.717) is 66.4 Å². The fourth-order valence-corrected chi connectivity index (χ4v) is 8.77. The molecule has 1 aromatic carbocycles. The van der Waals surface area contributed by atoms with E-state index in [1.165, 1.54) is 13.0 Å². The molecular formula is C40H47F3N10O2. The number of hydrogen-bond acceptors (Lipinski definition) is 11. The van der Waals surface area contributed by atoms with Crippen LogP contribution in [0.5, 0.6) is 0 Å². The Labute approximate surface area is 318 Å². The lowest BCUT2D eigenvalue weighted by molar-refractivity contribution is -0.137. The van der Waals surface area contributed by atoms with Crippen LogP contribution in [0.1, 0.15) is 73.0 Å². The Balaban J connectivity index is 0.878. The number of nitrogens with zero attached hydrogens (tertiary/aromatic N) is 8. The summed E-state index contributed by atoms with van der Waals surface area (Å²) in [6.45, 7) is 8.93. The Morgan fingerprint density at radius 2 is 1.62 bits per heavy atom. The number of fused-ring (bicyclic) bond motifs is 1. The maximum atomic E-state index is 14.1. The van der Waals surface area contributed by atoms with Gasteiger partial charge in [-0.3, -0.25) is 24.4 Å². The van der Waals surface area contributed by atoms with Crippen LogP contribution in [-0.2, 0) is 6.18 Å². The fraction of sp³-hybridized carbons (Fsp3) is 0.475. The van der Waals surface area contributed by atoms with Crippen LogP contribution in [-0.4, -0.2) is 88.7 Å². The normalized spacial score (nSPS) is 19.1. The SMILES string of the molecule is CC(=O)c1c(C)c2cnc(Nc3ccc(N4CCC(N5CCN(c6ccc(N7C=CCNC7)c(C(F)(F)F)c6)CC5)CC4)cn3)nc2n(C2CCCC2)c1=O. The van der Waals surface area contributed by atoms with E-state index in [1.54, 1.807) is 34.9 Å². The molecule has 2 saturated heterocycles. The largest absolute Gasteiger partial charge is 0.418 e. The van der Waals surface area contributed by atoms with Gasteiger partial charge in [0.05, 0.1) is 35.4 Å². The summed E-state index contributed by atoms with van der Waals surface area (Å²) in [7, 11) is 0. The molecule has 3 aliphatic heterocycles. The summed E-state index contributed by atoms with van der Waals surface area (Å²) in [4.78, 5) is 48.5. The van der Waals surface area contributed by atoms with Crippen LogP contribution < -0.4 is 30.9 Å². The first kappa shape index (κ1) is 36.9. The fourth-order valence-electron chi connectivity index (χ4n) is 8.77. The summed E-state index contributed by atoms with van der Waals surface area (Å²) in [6, 6.07) is 9.06. The smallest absolute Gasteiger partial charge is 0.370 e. The van der Waals surface area contributed by atoms with Crippen molar-refractivity contribution in [2.75, 3.05) is 72.5 Å². The molecule has 6 heterocycles. The van der Waals surface area contributed by atoms with E-state index in [4.69, 9.17) is 4.98 Å². The number of hydrogen-bond donors (Lipinski definition) is 2. The van der Waals surface area contributed by atoms with E-state index in [9.17, 15) is 22.8 Å². The molecule has 15 heteroatoms. The number of benzene rings is 1. The van der Waals surface area contributed by atoms with Crippen molar-refractivity contribution in [2.24, 2.45) is 0 Å². The Morgan fingerprint density at radius 1 is 0.891 bits per heavy atom. The number of aromatic nitrogens is 4.